The van der Waals surface area contributed by atoms with Crippen molar-refractivity contribution in [3.05, 3.63) is 0 Å². The molecule has 2 unspecified atom stereocenters. The van der Waals surface area contributed by atoms with E-state index in [4.69, 9.17) is 4.74 Å². The average molecular weight is 300 g/mol. The molecule has 2 heterocycles. The van der Waals surface area contributed by atoms with Crippen molar-refractivity contribution in [2.24, 2.45) is 5.92 Å². The highest BCUT2D eigenvalue weighted by Gasteiger charge is 2.37. The van der Waals surface area contributed by atoms with Crippen LogP contribution in [0.25, 0.3) is 0 Å². The predicted molar refractivity (Wildman–Crippen MR) is 84.1 cm³/mol. The summed E-state index contributed by atoms with van der Waals surface area (Å²) in [5.41, 5.74) is 0. The molecule has 0 aromatic rings. The van der Waals surface area contributed by atoms with E-state index in [0.717, 1.165) is 38.2 Å². The summed E-state index contributed by atoms with van der Waals surface area (Å²) >= 11 is 1.98. The van der Waals surface area contributed by atoms with Gasteiger partial charge in [-0.2, -0.15) is 11.8 Å². The van der Waals surface area contributed by atoms with Gasteiger partial charge in [-0.1, -0.05) is 20.8 Å². The number of carbonyl (C=O) groups excluding carboxylic acids is 1. The second-order valence-electron chi connectivity index (χ2n) is 6.39. The molecule has 20 heavy (non-hydrogen) atoms. The van der Waals surface area contributed by atoms with Crippen molar-refractivity contribution in [2.45, 2.75) is 44.4 Å². The number of nitrogens with zero attached hydrogens (tertiary/aromatic N) is 1. The van der Waals surface area contributed by atoms with Crippen LogP contribution in [0.1, 0.15) is 33.6 Å². The molecule has 2 aliphatic heterocycles. The van der Waals surface area contributed by atoms with Crippen LogP contribution in [0, 0.1) is 5.92 Å². The SMILES string of the molecule is CCCNC1COCC1C(=O)N1CCSC(C)(C)CC1. The third-order valence-corrected chi connectivity index (χ3v) is 5.58. The maximum Gasteiger partial charge on any atom is 0.229 e. The van der Waals surface area contributed by atoms with Gasteiger partial charge in [0, 0.05) is 29.6 Å². The molecule has 0 aliphatic carbocycles. The molecule has 2 aliphatic rings. The monoisotopic (exact) mass is 300 g/mol. The van der Waals surface area contributed by atoms with E-state index in [-0.39, 0.29) is 17.9 Å². The largest absolute Gasteiger partial charge is 0.379 e. The van der Waals surface area contributed by atoms with Gasteiger partial charge in [0.2, 0.25) is 5.91 Å². The van der Waals surface area contributed by atoms with E-state index >= 15 is 0 Å². The van der Waals surface area contributed by atoms with Crippen molar-refractivity contribution in [3.63, 3.8) is 0 Å². The Balaban J connectivity index is 1.92. The molecule has 0 spiro atoms. The molecular formula is C15H28N2O2S. The molecule has 0 saturated carbocycles. The molecule has 1 N–H and O–H groups in total. The molecule has 2 fully saturated rings. The smallest absolute Gasteiger partial charge is 0.229 e. The Morgan fingerprint density at radius 1 is 1.40 bits per heavy atom. The molecule has 2 atom stereocenters. The fraction of sp³-hybridized carbons (Fsp3) is 0.933. The molecule has 4 nitrogen and oxygen atoms in total. The molecule has 0 radical (unpaired) electrons. The number of hydrogen-bond acceptors (Lipinski definition) is 4. The van der Waals surface area contributed by atoms with Crippen molar-refractivity contribution < 1.29 is 9.53 Å². The van der Waals surface area contributed by atoms with E-state index in [1.54, 1.807) is 0 Å². The van der Waals surface area contributed by atoms with Gasteiger partial charge in [0.1, 0.15) is 0 Å². The highest BCUT2D eigenvalue weighted by molar-refractivity contribution is 8.00. The Morgan fingerprint density at radius 3 is 2.95 bits per heavy atom. The van der Waals surface area contributed by atoms with Crippen LogP contribution < -0.4 is 5.32 Å². The van der Waals surface area contributed by atoms with Crippen molar-refractivity contribution in [3.8, 4) is 0 Å². The normalized spacial score (nSPS) is 30.2. The van der Waals surface area contributed by atoms with Crippen molar-refractivity contribution in [1.29, 1.82) is 0 Å². The average Bonchev–Trinajstić information content (AvgIpc) is 2.79. The van der Waals surface area contributed by atoms with Crippen molar-refractivity contribution in [1.82, 2.24) is 10.2 Å². The van der Waals surface area contributed by atoms with Crippen LogP contribution in [-0.2, 0) is 9.53 Å². The summed E-state index contributed by atoms with van der Waals surface area (Å²) in [7, 11) is 0. The van der Waals surface area contributed by atoms with Crippen molar-refractivity contribution in [2.75, 3.05) is 38.6 Å². The number of rotatable bonds is 4. The fourth-order valence-electron chi connectivity index (χ4n) is 2.80. The summed E-state index contributed by atoms with van der Waals surface area (Å²) in [6, 6.07) is 0.200. The number of thioether (sulfide) groups is 1. The Labute approximate surface area is 127 Å². The second kappa shape index (κ2) is 7.14. The summed E-state index contributed by atoms with van der Waals surface area (Å²) in [6.07, 6.45) is 2.16. The van der Waals surface area contributed by atoms with E-state index in [1.807, 2.05) is 11.8 Å². The topological polar surface area (TPSA) is 41.6 Å². The quantitative estimate of drug-likeness (QED) is 0.859. The standard InChI is InChI=1S/C15H28N2O2S/c1-4-6-16-13-11-19-10-12(13)14(18)17-7-5-15(2,3)20-9-8-17/h12-13,16H,4-11H2,1-3H3. The third-order valence-electron chi connectivity index (χ3n) is 4.20. The Hall–Kier alpha value is -0.260. The van der Waals surface area contributed by atoms with Crippen LogP contribution in [0.5, 0.6) is 0 Å². The predicted octanol–water partition coefficient (Wildman–Crippen LogP) is 1.75. The molecule has 0 bridgehead atoms. The zero-order chi connectivity index (χ0) is 14.6. The second-order valence-corrected chi connectivity index (χ2v) is 8.19. The van der Waals surface area contributed by atoms with Gasteiger partial charge in [-0.3, -0.25) is 4.79 Å². The summed E-state index contributed by atoms with van der Waals surface area (Å²) in [5, 5.41) is 3.46. The first-order chi connectivity index (χ1) is 9.53. The van der Waals surface area contributed by atoms with E-state index < -0.39 is 0 Å². The van der Waals surface area contributed by atoms with Gasteiger partial charge < -0.3 is 15.0 Å². The molecule has 2 saturated heterocycles. The number of carbonyl (C=O) groups is 1. The van der Waals surface area contributed by atoms with Crippen LogP contribution in [0.3, 0.4) is 0 Å². The minimum absolute atomic E-state index is 0.00719. The first kappa shape index (κ1) is 16.1. The highest BCUT2D eigenvalue weighted by atomic mass is 32.2. The number of hydrogen-bond donors (Lipinski definition) is 1. The van der Waals surface area contributed by atoms with Crippen LogP contribution in [-0.4, -0.2) is 60.2 Å². The van der Waals surface area contributed by atoms with Crippen molar-refractivity contribution >= 4 is 17.7 Å². The summed E-state index contributed by atoms with van der Waals surface area (Å²) < 4.78 is 5.83. The fourth-order valence-corrected chi connectivity index (χ4v) is 3.90. The molecule has 1 amide bonds. The lowest BCUT2D eigenvalue weighted by Gasteiger charge is -2.27. The maximum absolute atomic E-state index is 12.7. The molecule has 116 valence electrons. The van der Waals surface area contributed by atoms with E-state index in [2.05, 4.69) is 31.0 Å². The molecule has 2 rings (SSSR count). The van der Waals surface area contributed by atoms with Gasteiger partial charge in [0.25, 0.3) is 0 Å². The Kier molecular flexibility index (Phi) is 5.75. The van der Waals surface area contributed by atoms with Crippen LogP contribution >= 0.6 is 11.8 Å². The van der Waals surface area contributed by atoms with E-state index in [1.165, 1.54) is 0 Å². The van der Waals surface area contributed by atoms with Gasteiger partial charge in [0.05, 0.1) is 19.1 Å². The van der Waals surface area contributed by atoms with Crippen LogP contribution in [0.15, 0.2) is 0 Å². The molecule has 0 aromatic heterocycles. The third kappa shape index (κ3) is 4.12. The van der Waals surface area contributed by atoms with Crippen LogP contribution in [0.2, 0.25) is 0 Å². The Morgan fingerprint density at radius 2 is 2.20 bits per heavy atom. The maximum atomic E-state index is 12.7. The first-order valence-corrected chi connectivity index (χ1v) is 8.76. The summed E-state index contributed by atoms with van der Waals surface area (Å²) in [6.45, 7) is 10.7. The lowest BCUT2D eigenvalue weighted by Crippen LogP contribution is -2.46. The van der Waals surface area contributed by atoms with Gasteiger partial charge in [-0.25, -0.2) is 0 Å². The zero-order valence-electron chi connectivity index (χ0n) is 13.0. The highest BCUT2D eigenvalue weighted by Crippen LogP contribution is 2.31. The van der Waals surface area contributed by atoms with Gasteiger partial charge in [-0.15, -0.1) is 0 Å². The number of nitrogens with one attached hydrogen (secondary N) is 1. The first-order valence-electron chi connectivity index (χ1n) is 7.77. The minimum atomic E-state index is 0.00719. The van der Waals surface area contributed by atoms with E-state index in [9.17, 15) is 4.79 Å². The minimum Gasteiger partial charge on any atom is -0.379 e. The van der Waals surface area contributed by atoms with E-state index in [0.29, 0.717) is 18.0 Å². The lowest BCUT2D eigenvalue weighted by molar-refractivity contribution is -0.135. The molecule has 5 heteroatoms. The summed E-state index contributed by atoms with van der Waals surface area (Å²) in [4.78, 5) is 14.8. The van der Waals surface area contributed by atoms with Gasteiger partial charge in [-0.05, 0) is 19.4 Å². The van der Waals surface area contributed by atoms with Gasteiger partial charge in [0.15, 0.2) is 0 Å². The lowest BCUT2D eigenvalue weighted by atomic mass is 10.0. The number of amides is 1. The Bertz CT molecular complexity index is 336. The summed E-state index contributed by atoms with van der Waals surface area (Å²) in [5.74, 6) is 1.33. The van der Waals surface area contributed by atoms with Crippen LogP contribution in [0.4, 0.5) is 0 Å². The number of ether oxygens (including phenoxy) is 1. The van der Waals surface area contributed by atoms with Gasteiger partial charge >= 0.3 is 0 Å². The molecule has 0 aromatic carbocycles. The zero-order valence-corrected chi connectivity index (χ0v) is 13.8. The molecular weight excluding hydrogens is 272 g/mol.